The second kappa shape index (κ2) is 7.54. The molecule has 1 N–H and O–H groups in total. The fourth-order valence-corrected chi connectivity index (χ4v) is 4.27. The molecule has 1 amide bonds. The summed E-state index contributed by atoms with van der Waals surface area (Å²) in [5.41, 5.74) is 2.90. The molecule has 0 radical (unpaired) electrons. The number of alkyl halides is 1. The van der Waals surface area contributed by atoms with Crippen molar-refractivity contribution in [2.24, 2.45) is 7.05 Å². The molecule has 3 aromatic rings. The normalized spacial score (nSPS) is 17.0. The van der Waals surface area contributed by atoms with Gasteiger partial charge in [0.15, 0.2) is 11.5 Å². The summed E-state index contributed by atoms with van der Waals surface area (Å²) >= 11 is 0. The van der Waals surface area contributed by atoms with Crippen LogP contribution in [0.5, 0.6) is 0 Å². The summed E-state index contributed by atoms with van der Waals surface area (Å²) in [7, 11) is 1.88. The molecule has 0 aromatic carbocycles. The number of carbonyl (C=O) groups is 1. The number of aryl methyl sites for hydroxylation is 2. The van der Waals surface area contributed by atoms with Gasteiger partial charge in [0.25, 0.3) is 5.91 Å². The van der Waals surface area contributed by atoms with Crippen molar-refractivity contribution in [3.8, 4) is 0 Å². The number of nitrogens with zero attached hydrogens (tertiary/aromatic N) is 7. The lowest BCUT2D eigenvalue weighted by molar-refractivity contribution is -0.00830. The van der Waals surface area contributed by atoms with Gasteiger partial charge in [0, 0.05) is 38.3 Å². The first-order chi connectivity index (χ1) is 15.3. The molecule has 5 heterocycles. The molecule has 2 aliphatic heterocycles. The molecule has 10 heteroatoms. The molecule has 0 saturated carbocycles. The Kier molecular flexibility index (Phi) is 4.79. The van der Waals surface area contributed by atoms with Crippen LogP contribution in [0.15, 0.2) is 30.6 Å². The zero-order chi connectivity index (χ0) is 22.5. The monoisotopic (exact) mass is 436 g/mol. The number of carbonyl (C=O) groups excluding carboxylic acids is 1. The maximum Gasteiger partial charge on any atom is 0.274 e. The molecule has 166 valence electrons. The SMILES string of the molecule is Cc1cc(C(=O)N2CC(C)(F)C2)nnc1N1CCc2ncc(Nc3ccnn3C)cc2C1. The summed E-state index contributed by atoms with van der Waals surface area (Å²) in [6.07, 6.45) is 4.38. The minimum Gasteiger partial charge on any atom is -0.350 e. The van der Waals surface area contributed by atoms with E-state index in [1.54, 1.807) is 16.9 Å². The van der Waals surface area contributed by atoms with Crippen LogP contribution in [0, 0.1) is 6.92 Å². The van der Waals surface area contributed by atoms with Gasteiger partial charge >= 0.3 is 0 Å². The number of fused-ring (bicyclic) bond motifs is 1. The van der Waals surface area contributed by atoms with Crippen molar-refractivity contribution in [3.63, 3.8) is 0 Å². The van der Waals surface area contributed by atoms with Crippen LogP contribution in [0.25, 0.3) is 0 Å². The van der Waals surface area contributed by atoms with Crippen molar-refractivity contribution in [1.82, 2.24) is 29.9 Å². The molecule has 0 unspecified atom stereocenters. The van der Waals surface area contributed by atoms with Crippen molar-refractivity contribution in [1.29, 1.82) is 0 Å². The topological polar surface area (TPSA) is 92.1 Å². The maximum absolute atomic E-state index is 13.7. The third-order valence-electron chi connectivity index (χ3n) is 5.94. The molecule has 0 spiro atoms. The number of anilines is 3. The second-order valence-electron chi connectivity index (χ2n) is 8.78. The number of halogens is 1. The van der Waals surface area contributed by atoms with Crippen molar-refractivity contribution in [2.75, 3.05) is 29.9 Å². The number of pyridine rings is 1. The number of hydrogen-bond donors (Lipinski definition) is 1. The van der Waals surface area contributed by atoms with Crippen molar-refractivity contribution < 1.29 is 9.18 Å². The molecule has 0 atom stereocenters. The average molecular weight is 436 g/mol. The molecule has 9 nitrogen and oxygen atoms in total. The number of rotatable bonds is 4. The van der Waals surface area contributed by atoms with Gasteiger partial charge in [0.05, 0.1) is 31.2 Å². The number of amides is 1. The molecule has 1 fully saturated rings. The first-order valence-electron chi connectivity index (χ1n) is 10.6. The molecular weight excluding hydrogens is 411 g/mol. The Labute approximate surface area is 185 Å². The predicted octanol–water partition coefficient (Wildman–Crippen LogP) is 2.40. The Balaban J connectivity index is 1.32. The van der Waals surface area contributed by atoms with E-state index < -0.39 is 5.67 Å². The van der Waals surface area contributed by atoms with Gasteiger partial charge in [-0.15, -0.1) is 10.2 Å². The van der Waals surface area contributed by atoms with E-state index in [9.17, 15) is 9.18 Å². The highest BCUT2D eigenvalue weighted by Gasteiger charge is 2.42. The van der Waals surface area contributed by atoms with E-state index in [0.29, 0.717) is 6.54 Å². The summed E-state index contributed by atoms with van der Waals surface area (Å²) in [5, 5.41) is 16.0. The zero-order valence-electron chi connectivity index (χ0n) is 18.3. The van der Waals surface area contributed by atoms with Gasteiger partial charge in [0.2, 0.25) is 0 Å². The zero-order valence-corrected chi connectivity index (χ0v) is 18.3. The molecule has 0 aliphatic carbocycles. The van der Waals surface area contributed by atoms with E-state index in [1.165, 1.54) is 11.8 Å². The van der Waals surface area contributed by atoms with E-state index in [1.807, 2.05) is 26.2 Å². The predicted molar refractivity (Wildman–Crippen MR) is 118 cm³/mol. The van der Waals surface area contributed by atoms with Crippen molar-refractivity contribution in [2.45, 2.75) is 32.5 Å². The molecule has 0 bridgehead atoms. The van der Waals surface area contributed by atoms with Gasteiger partial charge < -0.3 is 15.1 Å². The Bertz CT molecular complexity index is 1180. The van der Waals surface area contributed by atoms with Crippen LogP contribution in [-0.2, 0) is 20.0 Å². The van der Waals surface area contributed by atoms with Gasteiger partial charge in [0.1, 0.15) is 11.5 Å². The lowest BCUT2D eigenvalue weighted by Gasteiger charge is -2.41. The molecule has 1 saturated heterocycles. The van der Waals surface area contributed by atoms with Gasteiger partial charge in [-0.05, 0) is 37.1 Å². The van der Waals surface area contributed by atoms with Crippen LogP contribution in [-0.4, -0.2) is 61.1 Å². The number of hydrogen-bond acceptors (Lipinski definition) is 7. The second-order valence-corrected chi connectivity index (χ2v) is 8.78. The van der Waals surface area contributed by atoms with E-state index in [2.05, 4.69) is 36.6 Å². The smallest absolute Gasteiger partial charge is 0.274 e. The van der Waals surface area contributed by atoms with E-state index >= 15 is 0 Å². The van der Waals surface area contributed by atoms with Crippen molar-refractivity contribution in [3.05, 3.63) is 53.1 Å². The number of nitrogens with one attached hydrogen (secondary N) is 1. The van der Waals surface area contributed by atoms with E-state index in [-0.39, 0.29) is 24.7 Å². The van der Waals surface area contributed by atoms with Gasteiger partial charge in [-0.25, -0.2) is 4.39 Å². The Morgan fingerprint density at radius 2 is 2.06 bits per heavy atom. The molecule has 3 aromatic heterocycles. The molecule has 2 aliphatic rings. The van der Waals surface area contributed by atoms with Crippen LogP contribution < -0.4 is 10.2 Å². The minimum atomic E-state index is -1.31. The third-order valence-corrected chi connectivity index (χ3v) is 5.94. The average Bonchev–Trinajstić information content (AvgIpc) is 3.15. The van der Waals surface area contributed by atoms with Crippen LogP contribution in [0.4, 0.5) is 21.7 Å². The first-order valence-corrected chi connectivity index (χ1v) is 10.6. The first kappa shape index (κ1) is 20.3. The fourth-order valence-electron chi connectivity index (χ4n) is 4.27. The summed E-state index contributed by atoms with van der Waals surface area (Å²) in [4.78, 5) is 20.8. The van der Waals surface area contributed by atoms with E-state index in [0.717, 1.165) is 47.1 Å². The van der Waals surface area contributed by atoms with Crippen LogP contribution >= 0.6 is 0 Å². The molecule has 32 heavy (non-hydrogen) atoms. The van der Waals surface area contributed by atoms with Crippen molar-refractivity contribution >= 4 is 23.2 Å². The van der Waals surface area contributed by atoms with E-state index in [4.69, 9.17) is 0 Å². The highest BCUT2D eigenvalue weighted by Crippen LogP contribution is 2.29. The fraction of sp³-hybridized carbons (Fsp3) is 0.409. The standard InChI is InChI=1S/C22H25FN8O/c1-14-8-18(21(32)31-12-22(2,23)13-31)27-28-20(14)30-7-5-17-15(11-30)9-16(10-24-17)26-19-4-6-25-29(19)3/h4,6,8-10,26H,5,7,11-13H2,1-3H3. The quantitative estimate of drug-likeness (QED) is 0.671. The Morgan fingerprint density at radius 1 is 1.25 bits per heavy atom. The lowest BCUT2D eigenvalue weighted by Crippen LogP contribution is -2.59. The summed E-state index contributed by atoms with van der Waals surface area (Å²) in [6.45, 7) is 5.03. The van der Waals surface area contributed by atoms with Gasteiger partial charge in [-0.3, -0.25) is 14.5 Å². The largest absolute Gasteiger partial charge is 0.350 e. The summed E-state index contributed by atoms with van der Waals surface area (Å²) < 4.78 is 15.5. The Hall–Kier alpha value is -3.56. The van der Waals surface area contributed by atoms with Gasteiger partial charge in [-0.2, -0.15) is 5.10 Å². The highest BCUT2D eigenvalue weighted by atomic mass is 19.1. The number of aromatic nitrogens is 5. The molecule has 5 rings (SSSR count). The highest BCUT2D eigenvalue weighted by molar-refractivity contribution is 5.93. The summed E-state index contributed by atoms with van der Waals surface area (Å²) in [6, 6.07) is 5.74. The maximum atomic E-state index is 13.7. The van der Waals surface area contributed by atoms with Gasteiger partial charge in [-0.1, -0.05) is 0 Å². The van der Waals surface area contributed by atoms with Crippen LogP contribution in [0.1, 0.15) is 34.2 Å². The Morgan fingerprint density at radius 3 is 2.75 bits per heavy atom. The summed E-state index contributed by atoms with van der Waals surface area (Å²) in [5.74, 6) is 1.36. The number of likely N-dealkylation sites (tertiary alicyclic amines) is 1. The lowest BCUT2D eigenvalue weighted by atomic mass is 9.98. The minimum absolute atomic E-state index is 0.0966. The molecular formula is C22H25FN8O. The van der Waals surface area contributed by atoms with Crippen LogP contribution in [0.3, 0.4) is 0 Å². The van der Waals surface area contributed by atoms with Crippen LogP contribution in [0.2, 0.25) is 0 Å². The third kappa shape index (κ3) is 3.76.